The molecule has 1 fully saturated rings. The standard InChI is InChI=1S/C9H14Br4/c10-8-4-2-1-3-7(5-6-8)9(11,12)13/h7-8H,1-6H2/t7-,8-/m1/s1. The molecule has 0 aromatic carbocycles. The maximum absolute atomic E-state index is 3.72. The van der Waals surface area contributed by atoms with E-state index in [4.69, 9.17) is 0 Å². The third-order valence-electron chi connectivity index (χ3n) is 2.61. The molecule has 0 radical (unpaired) electrons. The lowest BCUT2D eigenvalue weighted by atomic mass is 9.92. The van der Waals surface area contributed by atoms with Gasteiger partial charge in [-0.05, 0) is 31.6 Å². The molecule has 0 bridgehead atoms. The molecule has 0 N–H and O–H groups in total. The second-order valence-electron chi connectivity index (χ2n) is 3.70. The van der Waals surface area contributed by atoms with Gasteiger partial charge in [-0.2, -0.15) is 0 Å². The Morgan fingerprint density at radius 1 is 0.846 bits per heavy atom. The Morgan fingerprint density at radius 2 is 1.46 bits per heavy atom. The number of alkyl halides is 4. The van der Waals surface area contributed by atoms with E-state index in [1.165, 1.54) is 38.5 Å². The maximum atomic E-state index is 3.72. The molecule has 0 aromatic heterocycles. The van der Waals surface area contributed by atoms with Gasteiger partial charge < -0.3 is 0 Å². The fourth-order valence-corrected chi connectivity index (χ4v) is 3.72. The summed E-state index contributed by atoms with van der Waals surface area (Å²) >= 11 is 14.6. The van der Waals surface area contributed by atoms with Crippen molar-refractivity contribution in [3.8, 4) is 0 Å². The molecule has 4 heteroatoms. The summed E-state index contributed by atoms with van der Waals surface area (Å²) in [6.07, 6.45) is 7.91. The van der Waals surface area contributed by atoms with Crippen LogP contribution in [0.4, 0.5) is 0 Å². The van der Waals surface area contributed by atoms with Crippen molar-refractivity contribution >= 4 is 63.7 Å². The van der Waals surface area contributed by atoms with Gasteiger partial charge in [0.15, 0.2) is 0 Å². The number of rotatable bonds is 0. The summed E-state index contributed by atoms with van der Waals surface area (Å²) in [5, 5.41) is 0. The first-order chi connectivity index (χ1) is 6.00. The van der Waals surface area contributed by atoms with E-state index in [0.29, 0.717) is 5.92 Å². The van der Waals surface area contributed by atoms with E-state index in [1.54, 1.807) is 0 Å². The highest BCUT2D eigenvalue weighted by Gasteiger charge is 2.31. The van der Waals surface area contributed by atoms with Crippen molar-refractivity contribution in [3.63, 3.8) is 0 Å². The summed E-state index contributed by atoms with van der Waals surface area (Å²) in [6.45, 7) is 0. The number of hydrogen-bond donors (Lipinski definition) is 0. The van der Waals surface area contributed by atoms with Crippen molar-refractivity contribution in [2.75, 3.05) is 0 Å². The molecule has 13 heavy (non-hydrogen) atoms. The average molecular weight is 442 g/mol. The van der Waals surface area contributed by atoms with E-state index in [1.807, 2.05) is 0 Å². The highest BCUT2D eigenvalue weighted by Crippen LogP contribution is 2.46. The zero-order chi connectivity index (χ0) is 9.90. The van der Waals surface area contributed by atoms with E-state index >= 15 is 0 Å². The minimum atomic E-state index is -0.0446. The Labute approximate surface area is 114 Å². The van der Waals surface area contributed by atoms with Crippen molar-refractivity contribution in [2.24, 2.45) is 5.92 Å². The lowest BCUT2D eigenvalue weighted by molar-refractivity contribution is 0.404. The second-order valence-corrected chi connectivity index (χ2v) is 11.9. The summed E-state index contributed by atoms with van der Waals surface area (Å²) < 4.78 is -0.0446. The monoisotopic (exact) mass is 438 g/mol. The quantitative estimate of drug-likeness (QED) is 0.432. The molecule has 1 aliphatic rings. The Balaban J connectivity index is 2.46. The molecule has 1 saturated carbocycles. The molecule has 0 amide bonds. The first-order valence-corrected chi connectivity index (χ1v) is 8.00. The topological polar surface area (TPSA) is 0 Å². The van der Waals surface area contributed by atoms with Gasteiger partial charge in [-0.25, -0.2) is 0 Å². The van der Waals surface area contributed by atoms with Crippen LogP contribution in [0.5, 0.6) is 0 Å². The van der Waals surface area contributed by atoms with Gasteiger partial charge in [-0.15, -0.1) is 0 Å². The van der Waals surface area contributed by atoms with Crippen molar-refractivity contribution < 1.29 is 0 Å². The first-order valence-electron chi connectivity index (χ1n) is 4.71. The Kier molecular flexibility index (Phi) is 5.85. The van der Waals surface area contributed by atoms with Gasteiger partial charge in [-0.1, -0.05) is 76.6 Å². The molecule has 0 aromatic rings. The van der Waals surface area contributed by atoms with Crippen LogP contribution in [0.15, 0.2) is 0 Å². The smallest absolute Gasteiger partial charge is 0.0891 e. The first kappa shape index (κ1) is 13.0. The normalized spacial score (nSPS) is 32.3. The summed E-state index contributed by atoms with van der Waals surface area (Å²) in [4.78, 5) is 0.727. The van der Waals surface area contributed by atoms with Crippen molar-refractivity contribution in [3.05, 3.63) is 0 Å². The lowest BCUT2D eigenvalue weighted by Gasteiger charge is -2.28. The van der Waals surface area contributed by atoms with Gasteiger partial charge in [0, 0.05) is 4.83 Å². The molecular weight excluding hydrogens is 428 g/mol. The van der Waals surface area contributed by atoms with Gasteiger partial charge in [0.1, 0.15) is 2.14 Å². The molecular formula is C9H14Br4. The van der Waals surface area contributed by atoms with Crippen LogP contribution < -0.4 is 0 Å². The Hall–Kier alpha value is 1.92. The summed E-state index contributed by atoms with van der Waals surface area (Å²) in [7, 11) is 0. The van der Waals surface area contributed by atoms with Crippen LogP contribution in [0.2, 0.25) is 0 Å². The van der Waals surface area contributed by atoms with Crippen molar-refractivity contribution in [1.29, 1.82) is 0 Å². The van der Waals surface area contributed by atoms with Crippen molar-refractivity contribution in [2.45, 2.75) is 45.5 Å². The van der Waals surface area contributed by atoms with E-state index in [9.17, 15) is 0 Å². The van der Waals surface area contributed by atoms with E-state index < -0.39 is 0 Å². The van der Waals surface area contributed by atoms with E-state index in [2.05, 4.69) is 63.7 Å². The van der Waals surface area contributed by atoms with Crippen LogP contribution in [0, 0.1) is 5.92 Å². The SMILES string of the molecule is Br[C@@H]1CCCC[C@@H](C(Br)(Br)Br)CC1. The molecule has 2 atom stereocenters. The zero-order valence-corrected chi connectivity index (χ0v) is 13.8. The van der Waals surface area contributed by atoms with Gasteiger partial charge in [0.05, 0.1) is 0 Å². The maximum Gasteiger partial charge on any atom is 0.137 e. The van der Waals surface area contributed by atoms with Gasteiger partial charge in [0.2, 0.25) is 0 Å². The van der Waals surface area contributed by atoms with E-state index in [-0.39, 0.29) is 2.14 Å². The minimum absolute atomic E-state index is 0.0446. The Bertz CT molecular complexity index is 152. The van der Waals surface area contributed by atoms with Gasteiger partial charge in [-0.3, -0.25) is 0 Å². The molecule has 0 aliphatic heterocycles. The van der Waals surface area contributed by atoms with Crippen LogP contribution in [0.3, 0.4) is 0 Å². The second kappa shape index (κ2) is 5.86. The molecule has 78 valence electrons. The van der Waals surface area contributed by atoms with Crippen LogP contribution in [-0.4, -0.2) is 6.97 Å². The average Bonchev–Trinajstić information content (AvgIpc) is 1.94. The number of hydrogen-bond acceptors (Lipinski definition) is 0. The van der Waals surface area contributed by atoms with Crippen LogP contribution in [-0.2, 0) is 0 Å². The van der Waals surface area contributed by atoms with E-state index in [0.717, 1.165) is 4.83 Å². The molecule has 0 unspecified atom stereocenters. The largest absolute Gasteiger partial charge is 0.137 e. The van der Waals surface area contributed by atoms with Gasteiger partial charge in [0.25, 0.3) is 0 Å². The highest BCUT2D eigenvalue weighted by atomic mass is 80.0. The van der Waals surface area contributed by atoms with Crippen LogP contribution in [0.1, 0.15) is 38.5 Å². The fourth-order valence-electron chi connectivity index (χ4n) is 1.75. The predicted molar refractivity (Wildman–Crippen MR) is 73.4 cm³/mol. The third kappa shape index (κ3) is 4.98. The van der Waals surface area contributed by atoms with Gasteiger partial charge >= 0.3 is 0 Å². The third-order valence-corrected chi connectivity index (χ3v) is 5.47. The molecule has 1 aliphatic carbocycles. The van der Waals surface area contributed by atoms with Crippen LogP contribution in [0.25, 0.3) is 0 Å². The predicted octanol–water partition coefficient (Wildman–Crippen LogP) is 5.56. The molecule has 0 nitrogen and oxygen atoms in total. The summed E-state index contributed by atoms with van der Waals surface area (Å²) in [5.74, 6) is 0.688. The molecule has 0 heterocycles. The Morgan fingerprint density at radius 3 is 2.08 bits per heavy atom. The molecule has 0 spiro atoms. The zero-order valence-electron chi connectivity index (χ0n) is 7.41. The molecule has 0 saturated heterocycles. The lowest BCUT2D eigenvalue weighted by Crippen LogP contribution is -2.20. The number of halogens is 4. The van der Waals surface area contributed by atoms with Crippen molar-refractivity contribution in [1.82, 2.24) is 0 Å². The summed E-state index contributed by atoms with van der Waals surface area (Å²) in [5.41, 5.74) is 0. The molecule has 1 rings (SSSR count). The fraction of sp³-hybridized carbons (Fsp3) is 1.00. The minimum Gasteiger partial charge on any atom is -0.0891 e. The highest BCUT2D eigenvalue weighted by molar-refractivity contribution is 9.39. The van der Waals surface area contributed by atoms with Crippen LogP contribution >= 0.6 is 63.7 Å². The summed E-state index contributed by atoms with van der Waals surface area (Å²) in [6, 6.07) is 0.